The van der Waals surface area contributed by atoms with Crippen LogP contribution >= 0.6 is 11.3 Å². The van der Waals surface area contributed by atoms with Gasteiger partial charge in [-0.15, -0.1) is 11.3 Å². The molecule has 5 aromatic rings. The lowest BCUT2D eigenvalue weighted by Gasteiger charge is -2.13. The minimum atomic E-state index is -2.88. The van der Waals surface area contributed by atoms with Crippen LogP contribution < -0.4 is 10.6 Å². The van der Waals surface area contributed by atoms with E-state index in [1.165, 1.54) is 12.1 Å². The summed E-state index contributed by atoms with van der Waals surface area (Å²) in [6.45, 7) is 1.23. The van der Waals surface area contributed by atoms with Crippen molar-refractivity contribution in [3.63, 3.8) is 0 Å². The van der Waals surface area contributed by atoms with Gasteiger partial charge in [0.2, 0.25) is 5.95 Å². The minimum absolute atomic E-state index is 0.0157. The van der Waals surface area contributed by atoms with Gasteiger partial charge in [0.05, 0.1) is 21.9 Å². The summed E-state index contributed by atoms with van der Waals surface area (Å²) < 4.78 is 28.2. The van der Waals surface area contributed by atoms with Crippen molar-refractivity contribution in [2.75, 3.05) is 10.6 Å². The Morgan fingerprint density at radius 1 is 1.10 bits per heavy atom. The quantitative estimate of drug-likeness (QED) is 0.303. The van der Waals surface area contributed by atoms with Crippen LogP contribution in [0.25, 0.3) is 21.1 Å². The van der Waals surface area contributed by atoms with Crippen molar-refractivity contribution in [1.82, 2.24) is 20.2 Å². The number of aromatic amines is 1. The van der Waals surface area contributed by atoms with Gasteiger partial charge in [-0.1, -0.05) is 18.2 Å². The fourth-order valence-electron chi connectivity index (χ4n) is 3.32. The van der Waals surface area contributed by atoms with Crippen molar-refractivity contribution in [1.29, 1.82) is 0 Å². The number of hydrogen-bond acceptors (Lipinski definition) is 6. The van der Waals surface area contributed by atoms with Crippen molar-refractivity contribution >= 4 is 49.9 Å². The van der Waals surface area contributed by atoms with Crippen LogP contribution in [0.4, 0.5) is 26.2 Å². The topological polar surface area (TPSA) is 78.5 Å². The highest BCUT2D eigenvalue weighted by Gasteiger charge is 2.24. The first-order valence-corrected chi connectivity index (χ1v) is 10.5. The van der Waals surface area contributed by atoms with Crippen LogP contribution in [0.1, 0.15) is 18.1 Å². The summed E-state index contributed by atoms with van der Waals surface area (Å²) in [5.41, 5.74) is 3.36. The van der Waals surface area contributed by atoms with Gasteiger partial charge in [-0.3, -0.25) is 5.10 Å². The zero-order valence-electron chi connectivity index (χ0n) is 16.5. The predicted octanol–water partition coefficient (Wildman–Crippen LogP) is 6.04. The Balaban J connectivity index is 1.41. The van der Waals surface area contributed by atoms with E-state index in [1.54, 1.807) is 29.7 Å². The molecule has 0 aliphatic heterocycles. The summed E-state index contributed by atoms with van der Waals surface area (Å²) in [4.78, 5) is 9.18. The molecule has 0 amide bonds. The summed E-state index contributed by atoms with van der Waals surface area (Å²) in [7, 11) is 0. The van der Waals surface area contributed by atoms with Crippen molar-refractivity contribution in [3.05, 3.63) is 71.2 Å². The standard InChI is InChI=1S/C22H18F2N6S/c1-22(23,24)15-4-2-3-13(9-15)11-25-21-28-18-7-8-31-19(18)20(29-21)27-16-5-6-17-14(10-16)12-26-30-17/h2-10,12H,11H2,1H3,(H,26,30)(H2,25,27,28,29). The summed E-state index contributed by atoms with van der Waals surface area (Å²) in [5.74, 6) is -1.78. The summed E-state index contributed by atoms with van der Waals surface area (Å²) in [6.07, 6.45) is 1.77. The van der Waals surface area contributed by atoms with Gasteiger partial charge < -0.3 is 10.6 Å². The molecule has 9 heteroatoms. The van der Waals surface area contributed by atoms with Gasteiger partial charge >= 0.3 is 0 Å². The fourth-order valence-corrected chi connectivity index (χ4v) is 4.10. The third kappa shape index (κ3) is 4.04. The molecule has 31 heavy (non-hydrogen) atoms. The molecule has 0 unspecified atom stereocenters. The molecule has 3 heterocycles. The van der Waals surface area contributed by atoms with E-state index in [-0.39, 0.29) is 5.56 Å². The summed E-state index contributed by atoms with van der Waals surface area (Å²) in [6, 6.07) is 14.2. The van der Waals surface area contributed by atoms with Crippen molar-refractivity contribution in [3.8, 4) is 0 Å². The Bertz CT molecular complexity index is 1370. The fraction of sp³-hybridized carbons (Fsp3) is 0.136. The number of benzene rings is 2. The molecular formula is C22H18F2N6S. The van der Waals surface area contributed by atoms with Crippen LogP contribution in [0.5, 0.6) is 0 Å². The summed E-state index contributed by atoms with van der Waals surface area (Å²) >= 11 is 1.55. The first kappa shape index (κ1) is 19.4. The summed E-state index contributed by atoms with van der Waals surface area (Å²) in [5, 5.41) is 16.4. The number of nitrogens with zero attached hydrogens (tertiary/aromatic N) is 3. The van der Waals surface area contributed by atoms with E-state index < -0.39 is 5.92 Å². The Labute approximate surface area is 180 Å². The smallest absolute Gasteiger partial charge is 0.270 e. The van der Waals surface area contributed by atoms with E-state index in [9.17, 15) is 8.78 Å². The van der Waals surface area contributed by atoms with Gasteiger partial charge in [0, 0.05) is 30.1 Å². The van der Waals surface area contributed by atoms with E-state index in [2.05, 4.69) is 30.8 Å². The molecule has 2 aromatic carbocycles. The number of fused-ring (bicyclic) bond motifs is 2. The molecule has 156 valence electrons. The predicted molar refractivity (Wildman–Crippen MR) is 120 cm³/mol. The lowest BCUT2D eigenvalue weighted by molar-refractivity contribution is 0.0174. The van der Waals surface area contributed by atoms with Crippen molar-refractivity contribution in [2.45, 2.75) is 19.4 Å². The number of aromatic nitrogens is 4. The Hall–Kier alpha value is -3.59. The van der Waals surface area contributed by atoms with Gasteiger partial charge in [0.1, 0.15) is 0 Å². The molecule has 0 atom stereocenters. The van der Waals surface area contributed by atoms with Crippen LogP contribution in [0, 0.1) is 0 Å². The zero-order valence-corrected chi connectivity index (χ0v) is 17.3. The average molecular weight is 436 g/mol. The Morgan fingerprint density at radius 2 is 2.00 bits per heavy atom. The van der Waals surface area contributed by atoms with Crippen LogP contribution in [-0.4, -0.2) is 20.2 Å². The second-order valence-corrected chi connectivity index (χ2v) is 8.19. The number of alkyl halides is 2. The number of H-pyrrole nitrogens is 1. The molecule has 0 saturated carbocycles. The van der Waals surface area contributed by atoms with Crippen LogP contribution in [0.2, 0.25) is 0 Å². The number of hydrogen-bond donors (Lipinski definition) is 3. The lowest BCUT2D eigenvalue weighted by atomic mass is 10.1. The maximum Gasteiger partial charge on any atom is 0.270 e. The normalized spacial score (nSPS) is 11.8. The molecule has 0 saturated heterocycles. The Morgan fingerprint density at radius 3 is 2.87 bits per heavy atom. The van der Waals surface area contributed by atoms with E-state index >= 15 is 0 Å². The molecule has 3 N–H and O–H groups in total. The molecule has 6 nitrogen and oxygen atoms in total. The maximum atomic E-state index is 13.6. The van der Waals surface area contributed by atoms with Gasteiger partial charge in [-0.25, -0.2) is 13.8 Å². The average Bonchev–Trinajstić information content (AvgIpc) is 3.41. The van der Waals surface area contributed by atoms with Crippen molar-refractivity contribution in [2.24, 2.45) is 0 Å². The molecule has 0 aliphatic carbocycles. The molecule has 3 aromatic heterocycles. The number of thiophene rings is 1. The highest BCUT2D eigenvalue weighted by Crippen LogP contribution is 2.31. The van der Waals surface area contributed by atoms with E-state index in [4.69, 9.17) is 0 Å². The van der Waals surface area contributed by atoms with Gasteiger partial charge in [0.15, 0.2) is 5.82 Å². The molecule has 0 radical (unpaired) electrons. The van der Waals surface area contributed by atoms with E-state index in [0.29, 0.717) is 18.3 Å². The SMILES string of the molecule is CC(F)(F)c1cccc(CNc2nc(Nc3ccc4[nH]ncc4c3)c3sccc3n2)c1. The zero-order chi connectivity index (χ0) is 21.4. The number of nitrogens with one attached hydrogen (secondary N) is 3. The maximum absolute atomic E-state index is 13.6. The molecule has 0 bridgehead atoms. The monoisotopic (exact) mass is 436 g/mol. The molecular weight excluding hydrogens is 418 g/mol. The molecule has 5 rings (SSSR count). The third-order valence-electron chi connectivity index (χ3n) is 4.89. The third-order valence-corrected chi connectivity index (χ3v) is 5.80. The second kappa shape index (κ2) is 7.59. The molecule has 0 fully saturated rings. The van der Waals surface area contributed by atoms with E-state index in [0.717, 1.165) is 39.3 Å². The van der Waals surface area contributed by atoms with E-state index in [1.807, 2.05) is 29.6 Å². The Kier molecular flexibility index (Phi) is 4.74. The number of rotatable bonds is 6. The first-order valence-electron chi connectivity index (χ1n) is 9.62. The lowest BCUT2D eigenvalue weighted by Crippen LogP contribution is -2.09. The second-order valence-electron chi connectivity index (χ2n) is 7.27. The largest absolute Gasteiger partial charge is 0.350 e. The first-order chi connectivity index (χ1) is 15.0. The highest BCUT2D eigenvalue weighted by molar-refractivity contribution is 7.17. The molecule has 0 spiro atoms. The van der Waals surface area contributed by atoms with Gasteiger partial charge in [0.25, 0.3) is 5.92 Å². The molecule has 0 aliphatic rings. The van der Waals surface area contributed by atoms with Crippen LogP contribution in [0.3, 0.4) is 0 Å². The highest BCUT2D eigenvalue weighted by atomic mass is 32.1. The van der Waals surface area contributed by atoms with Crippen LogP contribution in [-0.2, 0) is 12.5 Å². The van der Waals surface area contributed by atoms with Crippen molar-refractivity contribution < 1.29 is 8.78 Å². The number of anilines is 3. The number of halogens is 2. The van der Waals surface area contributed by atoms with Crippen LogP contribution in [0.15, 0.2) is 60.1 Å². The van der Waals surface area contributed by atoms with Gasteiger partial charge in [-0.2, -0.15) is 10.1 Å². The van der Waals surface area contributed by atoms with Gasteiger partial charge in [-0.05, 0) is 41.3 Å². The minimum Gasteiger partial charge on any atom is -0.350 e.